The minimum Gasteiger partial charge on any atom is -0.481 e. The van der Waals surface area contributed by atoms with E-state index in [2.05, 4.69) is 33.6 Å². The molecule has 0 radical (unpaired) electrons. The summed E-state index contributed by atoms with van der Waals surface area (Å²) in [5.74, 6) is -1.44. The van der Waals surface area contributed by atoms with Gasteiger partial charge in [0, 0.05) is 31.7 Å². The molecule has 0 aromatic carbocycles. The fraction of sp³-hybridized carbons (Fsp3) is 0.848. The molecule has 0 heterocycles. The minimum absolute atomic E-state index is 0.000613. The van der Waals surface area contributed by atoms with E-state index in [1.807, 2.05) is 0 Å². The van der Waals surface area contributed by atoms with Gasteiger partial charge in [0.25, 0.3) is 0 Å². The first-order valence-electron chi connectivity index (χ1n) is 17.6. The number of aliphatic carboxylic acids is 1. The van der Waals surface area contributed by atoms with E-state index in [4.69, 9.17) is 22.3 Å². The van der Waals surface area contributed by atoms with Crippen LogP contribution in [0.2, 0.25) is 0 Å². The molecule has 3 amide bonds. The molecular weight excluding hydrogens is 606 g/mol. The van der Waals surface area contributed by atoms with Crippen molar-refractivity contribution >= 4 is 42.3 Å². The molecule has 2 atom stereocenters. The van der Waals surface area contributed by atoms with Crippen molar-refractivity contribution in [3.63, 3.8) is 0 Å². The number of nitrogens with one attached hydrogen (secondary N) is 3. The van der Waals surface area contributed by atoms with Crippen molar-refractivity contribution in [2.45, 2.75) is 153 Å². The predicted molar refractivity (Wildman–Crippen MR) is 190 cm³/mol. The summed E-state index contributed by atoms with van der Waals surface area (Å²) in [4.78, 5) is 50.8. The molecule has 0 aliphatic carbocycles. The summed E-state index contributed by atoms with van der Waals surface area (Å²) < 4.78 is 0. The molecule has 0 bridgehead atoms. The minimum atomic E-state index is -0.842. The van der Waals surface area contributed by atoms with Crippen LogP contribution in [0.15, 0.2) is 4.99 Å². The van der Waals surface area contributed by atoms with E-state index in [0.29, 0.717) is 45.3 Å². The van der Waals surface area contributed by atoms with Gasteiger partial charge in [0.1, 0.15) is 6.04 Å². The van der Waals surface area contributed by atoms with E-state index >= 15 is 0 Å². The highest BCUT2D eigenvalue weighted by Crippen LogP contribution is 2.14. The number of amides is 3. The Bertz CT molecular complexity index is 843. The molecule has 268 valence electrons. The van der Waals surface area contributed by atoms with E-state index in [-0.39, 0.29) is 23.5 Å². The van der Waals surface area contributed by atoms with E-state index in [9.17, 15) is 19.2 Å². The number of nitrogens with zero attached hydrogens (tertiary/aromatic N) is 1. The quantitative estimate of drug-likeness (QED) is 0.0221. The zero-order valence-corrected chi connectivity index (χ0v) is 29.1. The zero-order valence-electron chi connectivity index (χ0n) is 28.2. The molecule has 0 saturated heterocycles. The van der Waals surface area contributed by atoms with Gasteiger partial charge in [0.2, 0.25) is 17.7 Å². The lowest BCUT2D eigenvalue weighted by molar-refractivity contribution is -0.137. The maximum absolute atomic E-state index is 12.7. The number of aliphatic imine (C=N–C) groups is 1. The van der Waals surface area contributed by atoms with Gasteiger partial charge in [-0.05, 0) is 45.1 Å². The van der Waals surface area contributed by atoms with Crippen LogP contribution in [0.25, 0.3) is 0 Å². The summed E-state index contributed by atoms with van der Waals surface area (Å²) in [6.45, 7) is 1.58. The Morgan fingerprint density at radius 3 is 1.57 bits per heavy atom. The zero-order chi connectivity index (χ0) is 34.3. The van der Waals surface area contributed by atoms with E-state index in [1.54, 1.807) is 0 Å². The summed E-state index contributed by atoms with van der Waals surface area (Å²) in [6.07, 6.45) is 22.6. The summed E-state index contributed by atoms with van der Waals surface area (Å²) in [5.41, 5.74) is 16.0. The maximum atomic E-state index is 12.7. The highest BCUT2D eigenvalue weighted by atomic mass is 32.1. The number of thiol groups is 1. The summed E-state index contributed by atoms with van der Waals surface area (Å²) in [7, 11) is 0. The fourth-order valence-electron chi connectivity index (χ4n) is 5.19. The van der Waals surface area contributed by atoms with Crippen molar-refractivity contribution in [3.05, 3.63) is 0 Å². The average Bonchev–Trinajstić information content (AvgIpc) is 3.01. The third-order valence-electron chi connectivity index (χ3n) is 7.97. The molecule has 0 fully saturated rings. The monoisotopic (exact) mass is 671 g/mol. The maximum Gasteiger partial charge on any atom is 0.303 e. The van der Waals surface area contributed by atoms with Gasteiger partial charge >= 0.3 is 5.97 Å². The topological polar surface area (TPSA) is 215 Å². The number of carboxylic acids is 1. The van der Waals surface area contributed by atoms with Crippen LogP contribution < -0.4 is 33.2 Å². The molecule has 10 N–H and O–H groups in total. The van der Waals surface area contributed by atoms with E-state index in [0.717, 1.165) is 44.9 Å². The average molecular weight is 672 g/mol. The van der Waals surface area contributed by atoms with Crippen LogP contribution in [-0.4, -0.2) is 72.2 Å². The van der Waals surface area contributed by atoms with Gasteiger partial charge in [0.15, 0.2) is 5.96 Å². The first-order valence-corrected chi connectivity index (χ1v) is 18.3. The number of hydrogen-bond donors (Lipinski definition) is 8. The van der Waals surface area contributed by atoms with Crippen molar-refractivity contribution < 1.29 is 24.3 Å². The number of hydrogen-bond acceptors (Lipinski definition) is 7. The smallest absolute Gasteiger partial charge is 0.303 e. The van der Waals surface area contributed by atoms with Crippen LogP contribution in [-0.2, 0) is 19.2 Å². The van der Waals surface area contributed by atoms with Crippen LogP contribution in [0, 0.1) is 0 Å². The Balaban J connectivity index is 3.76. The second kappa shape index (κ2) is 31.1. The SMILES string of the molecule is NC(=O)C(CS)NC(=O)C(CCCN=C(N)N)NCCCCNC(=O)CCCCCCCCCCCCCCCCCCC(=O)O. The van der Waals surface area contributed by atoms with Crippen molar-refractivity contribution in [3.8, 4) is 0 Å². The van der Waals surface area contributed by atoms with Crippen molar-refractivity contribution in [2.24, 2.45) is 22.2 Å². The molecule has 12 nitrogen and oxygen atoms in total. The standard InChI is InChI=1S/C33H65N7O5S/c34-31(44)28(26-46)40-32(45)27(20-19-25-39-33(35)36)37-23-17-18-24-38-29(41)21-15-13-11-9-7-5-3-1-2-4-6-8-10-12-14-16-22-30(42)43/h27-28,37,46H,1-26H2,(H2,34,44)(H,38,41)(H,40,45)(H,42,43)(H4,35,36,39). The number of unbranched alkanes of at least 4 members (excludes halogenated alkanes) is 16. The first kappa shape index (κ1) is 43.5. The predicted octanol–water partition coefficient (Wildman–Crippen LogP) is 3.90. The van der Waals surface area contributed by atoms with Crippen LogP contribution in [0.4, 0.5) is 0 Å². The molecule has 0 aliphatic rings. The Hall–Kier alpha value is -2.54. The van der Waals surface area contributed by atoms with Crippen LogP contribution >= 0.6 is 12.6 Å². The van der Waals surface area contributed by atoms with Crippen LogP contribution in [0.1, 0.15) is 141 Å². The molecule has 13 heteroatoms. The molecule has 46 heavy (non-hydrogen) atoms. The van der Waals surface area contributed by atoms with Gasteiger partial charge in [-0.15, -0.1) is 0 Å². The Labute approximate surface area is 283 Å². The first-order chi connectivity index (χ1) is 22.2. The highest BCUT2D eigenvalue weighted by Gasteiger charge is 2.22. The lowest BCUT2D eigenvalue weighted by Gasteiger charge is -2.21. The molecule has 0 rings (SSSR count). The number of carboxylic acid groups (broad SMARTS) is 1. The third-order valence-corrected chi connectivity index (χ3v) is 8.33. The van der Waals surface area contributed by atoms with E-state index < -0.39 is 24.0 Å². The number of carbonyl (C=O) groups is 4. The lowest BCUT2D eigenvalue weighted by atomic mass is 10.0. The second-order valence-electron chi connectivity index (χ2n) is 12.2. The van der Waals surface area contributed by atoms with Gasteiger partial charge in [-0.25, -0.2) is 0 Å². The Kier molecular flexibility index (Phi) is 29.4. The number of guanidine groups is 1. The molecule has 0 aliphatic heterocycles. The Morgan fingerprint density at radius 2 is 1.11 bits per heavy atom. The van der Waals surface area contributed by atoms with Crippen molar-refractivity contribution in [1.82, 2.24) is 16.0 Å². The molecular formula is C33H65N7O5S. The third kappa shape index (κ3) is 28.9. The number of primary amides is 1. The summed E-state index contributed by atoms with van der Waals surface area (Å²) in [6, 6.07) is -1.37. The molecule has 2 unspecified atom stereocenters. The normalized spacial score (nSPS) is 12.3. The van der Waals surface area contributed by atoms with Crippen LogP contribution in [0.3, 0.4) is 0 Å². The molecule has 0 aromatic rings. The number of rotatable bonds is 33. The summed E-state index contributed by atoms with van der Waals surface area (Å²) in [5, 5.41) is 17.5. The van der Waals surface area contributed by atoms with Crippen molar-refractivity contribution in [1.29, 1.82) is 0 Å². The largest absolute Gasteiger partial charge is 0.481 e. The Morgan fingerprint density at radius 1 is 0.630 bits per heavy atom. The number of nitrogens with two attached hydrogens (primary N) is 3. The summed E-state index contributed by atoms with van der Waals surface area (Å²) >= 11 is 4.08. The molecule has 0 spiro atoms. The van der Waals surface area contributed by atoms with Gasteiger partial charge < -0.3 is 38.3 Å². The van der Waals surface area contributed by atoms with Crippen LogP contribution in [0.5, 0.6) is 0 Å². The van der Waals surface area contributed by atoms with Gasteiger partial charge in [-0.1, -0.05) is 89.9 Å². The van der Waals surface area contributed by atoms with Gasteiger partial charge in [0.05, 0.1) is 6.04 Å². The molecule has 0 aromatic heterocycles. The fourth-order valence-corrected chi connectivity index (χ4v) is 5.46. The second-order valence-corrected chi connectivity index (χ2v) is 12.6. The van der Waals surface area contributed by atoms with Gasteiger partial charge in [-0.3, -0.25) is 24.2 Å². The highest BCUT2D eigenvalue weighted by molar-refractivity contribution is 7.80. The van der Waals surface area contributed by atoms with Gasteiger partial charge in [-0.2, -0.15) is 12.6 Å². The lowest BCUT2D eigenvalue weighted by Crippen LogP contribution is -2.52. The van der Waals surface area contributed by atoms with Crippen molar-refractivity contribution in [2.75, 3.05) is 25.4 Å². The van der Waals surface area contributed by atoms with E-state index in [1.165, 1.54) is 70.6 Å². The molecule has 0 saturated carbocycles. The number of carbonyl (C=O) groups excluding carboxylic acids is 3.